The molecule has 0 radical (unpaired) electrons. The first-order chi connectivity index (χ1) is 9.97. The van der Waals surface area contributed by atoms with E-state index in [0.717, 1.165) is 31.6 Å². The Morgan fingerprint density at radius 2 is 2.00 bits per heavy atom. The van der Waals surface area contributed by atoms with Crippen LogP contribution >= 0.6 is 0 Å². The summed E-state index contributed by atoms with van der Waals surface area (Å²) >= 11 is 0. The lowest BCUT2D eigenvalue weighted by molar-refractivity contribution is 0.0572. The summed E-state index contributed by atoms with van der Waals surface area (Å²) in [6, 6.07) is 8.67. The lowest BCUT2D eigenvalue weighted by atomic mass is 9.96. The Labute approximate surface area is 129 Å². The minimum atomic E-state index is -0.414. The molecule has 2 atom stereocenters. The molecule has 1 saturated heterocycles. The van der Waals surface area contributed by atoms with Crippen LogP contribution in [0.3, 0.4) is 0 Å². The highest BCUT2D eigenvalue weighted by atomic mass is 16.3. The summed E-state index contributed by atoms with van der Waals surface area (Å²) in [6.07, 6.45) is 1.83. The van der Waals surface area contributed by atoms with Crippen LogP contribution in [0.4, 0.5) is 0 Å². The summed E-state index contributed by atoms with van der Waals surface area (Å²) in [5.41, 5.74) is 2.38. The van der Waals surface area contributed by atoms with E-state index in [2.05, 4.69) is 62.0 Å². The fourth-order valence-corrected chi connectivity index (χ4v) is 3.24. The Balaban J connectivity index is 2.15. The summed E-state index contributed by atoms with van der Waals surface area (Å²) in [5.74, 6) is 0.643. The van der Waals surface area contributed by atoms with E-state index < -0.39 is 6.10 Å². The van der Waals surface area contributed by atoms with Gasteiger partial charge in [0.1, 0.15) is 0 Å². The van der Waals surface area contributed by atoms with E-state index in [4.69, 9.17) is 0 Å². The van der Waals surface area contributed by atoms with Gasteiger partial charge in [-0.25, -0.2) is 0 Å². The molecule has 0 aromatic heterocycles. The molecular weight excluding hydrogens is 260 g/mol. The van der Waals surface area contributed by atoms with Gasteiger partial charge < -0.3 is 10.0 Å². The van der Waals surface area contributed by atoms with Crippen molar-refractivity contribution in [2.45, 2.75) is 38.8 Å². The summed E-state index contributed by atoms with van der Waals surface area (Å²) in [4.78, 5) is 4.64. The summed E-state index contributed by atoms with van der Waals surface area (Å²) < 4.78 is 0. The Hall–Kier alpha value is -0.900. The van der Waals surface area contributed by atoms with Gasteiger partial charge in [0.05, 0.1) is 12.1 Å². The molecule has 1 aromatic carbocycles. The second-order valence-electron chi connectivity index (χ2n) is 6.95. The van der Waals surface area contributed by atoms with E-state index in [1.807, 2.05) is 0 Å². The standard InChI is InChI=1S/C18H30N2O/c1-14(2)11-15-7-5-8-16(12-15)18(21)17-13-19(3)9-6-10-20(17)4/h5,7-8,12,14,17-18,21H,6,9-11,13H2,1-4H3. The smallest absolute Gasteiger partial charge is 0.0957 e. The Morgan fingerprint density at radius 1 is 1.24 bits per heavy atom. The van der Waals surface area contributed by atoms with Crippen LogP contribution in [-0.2, 0) is 6.42 Å². The predicted molar refractivity (Wildman–Crippen MR) is 88.5 cm³/mol. The maximum atomic E-state index is 10.8. The summed E-state index contributed by atoms with van der Waals surface area (Å²) in [7, 11) is 4.28. The average Bonchev–Trinajstić information content (AvgIpc) is 2.59. The molecule has 1 N–H and O–H groups in total. The topological polar surface area (TPSA) is 26.7 Å². The first-order valence-electron chi connectivity index (χ1n) is 8.13. The van der Waals surface area contributed by atoms with Crippen LogP contribution in [-0.4, -0.2) is 54.7 Å². The van der Waals surface area contributed by atoms with Crippen LogP contribution in [0.1, 0.15) is 37.5 Å². The van der Waals surface area contributed by atoms with Crippen LogP contribution in [0.25, 0.3) is 0 Å². The molecule has 0 aliphatic carbocycles. The largest absolute Gasteiger partial charge is 0.387 e. The van der Waals surface area contributed by atoms with Gasteiger partial charge in [0, 0.05) is 6.54 Å². The average molecular weight is 290 g/mol. The number of rotatable bonds is 4. The van der Waals surface area contributed by atoms with Crippen molar-refractivity contribution in [3.05, 3.63) is 35.4 Å². The molecule has 21 heavy (non-hydrogen) atoms. The quantitative estimate of drug-likeness (QED) is 0.923. The van der Waals surface area contributed by atoms with Crippen molar-refractivity contribution in [1.29, 1.82) is 0 Å². The lowest BCUT2D eigenvalue weighted by Crippen LogP contribution is -2.42. The van der Waals surface area contributed by atoms with Crippen molar-refractivity contribution >= 4 is 0 Å². The molecule has 0 amide bonds. The molecule has 1 aliphatic rings. The first-order valence-corrected chi connectivity index (χ1v) is 8.13. The van der Waals surface area contributed by atoms with Crippen LogP contribution in [0.5, 0.6) is 0 Å². The predicted octanol–water partition coefficient (Wildman–Crippen LogP) is 2.55. The Morgan fingerprint density at radius 3 is 2.71 bits per heavy atom. The molecule has 1 fully saturated rings. The number of aliphatic hydroxyl groups excluding tert-OH is 1. The number of aliphatic hydroxyl groups is 1. The molecule has 1 heterocycles. The lowest BCUT2D eigenvalue weighted by Gasteiger charge is -2.32. The highest BCUT2D eigenvalue weighted by Gasteiger charge is 2.28. The van der Waals surface area contributed by atoms with Crippen molar-refractivity contribution in [1.82, 2.24) is 9.80 Å². The third kappa shape index (κ3) is 4.53. The van der Waals surface area contributed by atoms with Gasteiger partial charge in [-0.2, -0.15) is 0 Å². The molecule has 3 heteroatoms. The minimum Gasteiger partial charge on any atom is -0.387 e. The van der Waals surface area contributed by atoms with Crippen LogP contribution < -0.4 is 0 Å². The van der Waals surface area contributed by atoms with E-state index in [-0.39, 0.29) is 6.04 Å². The molecule has 3 nitrogen and oxygen atoms in total. The Kier molecular flexibility index (Phi) is 5.80. The molecule has 118 valence electrons. The van der Waals surface area contributed by atoms with Gasteiger partial charge >= 0.3 is 0 Å². The van der Waals surface area contributed by atoms with Gasteiger partial charge in [-0.15, -0.1) is 0 Å². The minimum absolute atomic E-state index is 0.173. The molecule has 0 saturated carbocycles. The van der Waals surface area contributed by atoms with Crippen molar-refractivity contribution in [2.75, 3.05) is 33.7 Å². The third-order valence-electron chi connectivity index (χ3n) is 4.42. The maximum Gasteiger partial charge on any atom is 0.0957 e. The van der Waals surface area contributed by atoms with E-state index >= 15 is 0 Å². The maximum absolute atomic E-state index is 10.8. The second-order valence-corrected chi connectivity index (χ2v) is 6.95. The van der Waals surface area contributed by atoms with Gasteiger partial charge in [0.25, 0.3) is 0 Å². The molecule has 2 rings (SSSR count). The number of hydrogen-bond donors (Lipinski definition) is 1. The van der Waals surface area contributed by atoms with Gasteiger partial charge in [-0.05, 0) is 57.1 Å². The zero-order valence-corrected chi connectivity index (χ0v) is 13.9. The SMILES string of the molecule is CC(C)Cc1cccc(C(O)C2CN(C)CCCN2C)c1. The number of hydrogen-bond acceptors (Lipinski definition) is 3. The van der Waals surface area contributed by atoms with Crippen molar-refractivity contribution < 1.29 is 5.11 Å². The molecule has 1 aliphatic heterocycles. The molecule has 0 spiro atoms. The second kappa shape index (κ2) is 7.39. The highest BCUT2D eigenvalue weighted by molar-refractivity contribution is 5.26. The third-order valence-corrected chi connectivity index (χ3v) is 4.42. The van der Waals surface area contributed by atoms with E-state index in [9.17, 15) is 5.11 Å². The van der Waals surface area contributed by atoms with Gasteiger partial charge in [-0.1, -0.05) is 38.1 Å². The molecule has 1 aromatic rings. The Bertz CT molecular complexity index is 447. The van der Waals surface area contributed by atoms with Gasteiger partial charge in [0.2, 0.25) is 0 Å². The summed E-state index contributed by atoms with van der Waals surface area (Å²) in [6.45, 7) is 7.55. The molecular formula is C18H30N2O. The van der Waals surface area contributed by atoms with Gasteiger partial charge in [0.15, 0.2) is 0 Å². The van der Waals surface area contributed by atoms with E-state index in [1.165, 1.54) is 12.0 Å². The highest BCUT2D eigenvalue weighted by Crippen LogP contribution is 2.24. The monoisotopic (exact) mass is 290 g/mol. The summed E-state index contributed by atoms with van der Waals surface area (Å²) in [5, 5.41) is 10.8. The van der Waals surface area contributed by atoms with Gasteiger partial charge in [-0.3, -0.25) is 4.90 Å². The van der Waals surface area contributed by atoms with Crippen LogP contribution in [0, 0.1) is 5.92 Å². The van der Waals surface area contributed by atoms with E-state index in [0.29, 0.717) is 5.92 Å². The number of likely N-dealkylation sites (N-methyl/N-ethyl adjacent to an activating group) is 2. The van der Waals surface area contributed by atoms with Crippen LogP contribution in [0.2, 0.25) is 0 Å². The fourth-order valence-electron chi connectivity index (χ4n) is 3.24. The van der Waals surface area contributed by atoms with E-state index in [1.54, 1.807) is 0 Å². The van der Waals surface area contributed by atoms with Crippen molar-refractivity contribution in [2.24, 2.45) is 5.92 Å². The zero-order valence-electron chi connectivity index (χ0n) is 13.9. The normalized spacial score (nSPS) is 23.2. The van der Waals surface area contributed by atoms with Crippen molar-refractivity contribution in [3.8, 4) is 0 Å². The fraction of sp³-hybridized carbons (Fsp3) is 0.667. The number of benzene rings is 1. The molecule has 0 bridgehead atoms. The zero-order chi connectivity index (χ0) is 15.4. The molecule has 2 unspecified atom stereocenters. The van der Waals surface area contributed by atoms with Crippen molar-refractivity contribution in [3.63, 3.8) is 0 Å². The number of nitrogens with zero attached hydrogens (tertiary/aromatic N) is 2. The first kappa shape index (κ1) is 16.5. The van der Waals surface area contributed by atoms with Crippen LogP contribution in [0.15, 0.2) is 24.3 Å².